The van der Waals surface area contributed by atoms with Crippen LogP contribution in [-0.4, -0.2) is 58.4 Å². The summed E-state index contributed by atoms with van der Waals surface area (Å²) in [6.07, 6.45) is 4.94. The second-order valence-corrected chi connectivity index (χ2v) is 2.79. The Labute approximate surface area is 108 Å². The van der Waals surface area contributed by atoms with E-state index in [0.717, 1.165) is 13.2 Å². The molecule has 0 saturated heterocycles. The third-order valence-corrected chi connectivity index (χ3v) is 1.96. The number of methoxy groups -OCH3 is 1. The van der Waals surface area contributed by atoms with Crippen molar-refractivity contribution in [1.29, 1.82) is 0 Å². The molecule has 1 N–H and O–H groups in total. The van der Waals surface area contributed by atoms with Crippen LogP contribution in [0.3, 0.4) is 0 Å². The van der Waals surface area contributed by atoms with E-state index in [-0.39, 0.29) is 29.6 Å². The van der Waals surface area contributed by atoms with Crippen LogP contribution >= 0.6 is 0 Å². The third-order valence-electron chi connectivity index (χ3n) is 1.96. The SMILES string of the molecule is COC(=O)C1C=CC=CC1(O)[N+](=O)[O-].[NaH]. The van der Waals surface area contributed by atoms with Gasteiger partial charge < -0.3 is 9.84 Å². The molecule has 0 aromatic rings. The van der Waals surface area contributed by atoms with Crippen molar-refractivity contribution in [3.63, 3.8) is 0 Å². The molecule has 0 heterocycles. The minimum atomic E-state index is -2.40. The van der Waals surface area contributed by atoms with Gasteiger partial charge >= 0.3 is 41.3 Å². The predicted molar refractivity (Wildman–Crippen MR) is 52.9 cm³/mol. The number of esters is 1. The number of nitro groups is 1. The average molecular weight is 223 g/mol. The number of hydrogen-bond acceptors (Lipinski definition) is 5. The van der Waals surface area contributed by atoms with Gasteiger partial charge in [0.2, 0.25) is 0 Å². The van der Waals surface area contributed by atoms with E-state index in [1.165, 1.54) is 18.2 Å². The van der Waals surface area contributed by atoms with Crippen molar-refractivity contribution in [2.24, 2.45) is 5.92 Å². The van der Waals surface area contributed by atoms with Crippen molar-refractivity contribution in [2.45, 2.75) is 5.72 Å². The molecule has 0 aromatic carbocycles. The molecule has 15 heavy (non-hydrogen) atoms. The third kappa shape index (κ3) is 2.66. The maximum atomic E-state index is 11.1. The normalized spacial score (nSPS) is 28.0. The Hall–Kier alpha value is -0.690. The fraction of sp³-hybridized carbons (Fsp3) is 0.375. The van der Waals surface area contributed by atoms with Gasteiger partial charge in [0.05, 0.1) is 12.0 Å². The van der Waals surface area contributed by atoms with Gasteiger partial charge in [-0.25, -0.2) is 0 Å². The van der Waals surface area contributed by atoms with Crippen LogP contribution in [0.25, 0.3) is 0 Å². The van der Waals surface area contributed by atoms with Crippen LogP contribution in [-0.2, 0) is 9.53 Å². The summed E-state index contributed by atoms with van der Waals surface area (Å²) in [5.74, 6) is -2.14. The molecule has 0 fully saturated rings. The van der Waals surface area contributed by atoms with Crippen LogP contribution in [0.4, 0.5) is 0 Å². The van der Waals surface area contributed by atoms with Crippen LogP contribution < -0.4 is 0 Å². The molecular weight excluding hydrogens is 213 g/mol. The van der Waals surface area contributed by atoms with Crippen LogP contribution in [0.15, 0.2) is 24.3 Å². The van der Waals surface area contributed by atoms with Crippen molar-refractivity contribution in [3.05, 3.63) is 34.4 Å². The Bertz CT molecular complexity index is 327. The van der Waals surface area contributed by atoms with Crippen molar-refractivity contribution in [2.75, 3.05) is 7.11 Å². The molecule has 0 spiro atoms. The van der Waals surface area contributed by atoms with E-state index < -0.39 is 22.5 Å². The van der Waals surface area contributed by atoms with Crippen LogP contribution in [0.1, 0.15) is 0 Å². The van der Waals surface area contributed by atoms with Gasteiger partial charge in [0, 0.05) is 6.08 Å². The molecule has 0 aliphatic heterocycles. The van der Waals surface area contributed by atoms with Crippen molar-refractivity contribution < 1.29 is 19.6 Å². The summed E-state index contributed by atoms with van der Waals surface area (Å²) in [5, 5.41) is 20.1. The molecule has 6 nitrogen and oxygen atoms in total. The number of hydrogen-bond donors (Lipinski definition) is 1. The number of ether oxygens (including phenoxy) is 1. The van der Waals surface area contributed by atoms with Gasteiger partial charge in [0.25, 0.3) is 0 Å². The molecule has 0 bridgehead atoms. The fourth-order valence-electron chi connectivity index (χ4n) is 1.17. The van der Waals surface area contributed by atoms with Gasteiger partial charge in [-0.05, 0) is 0 Å². The first-order chi connectivity index (χ1) is 6.52. The number of nitrogens with zero attached hydrogens (tertiary/aromatic N) is 1. The molecule has 0 radical (unpaired) electrons. The van der Waals surface area contributed by atoms with E-state index in [0.29, 0.717) is 0 Å². The van der Waals surface area contributed by atoms with Gasteiger partial charge in [-0.3, -0.25) is 14.9 Å². The molecule has 1 aliphatic carbocycles. The summed E-state index contributed by atoms with van der Waals surface area (Å²) in [6, 6.07) is 0. The molecule has 2 atom stereocenters. The van der Waals surface area contributed by atoms with Gasteiger partial charge in [0.15, 0.2) is 5.92 Å². The number of allylic oxidation sites excluding steroid dienone is 2. The Balaban J connectivity index is 0.00000196. The van der Waals surface area contributed by atoms with Crippen LogP contribution in [0.2, 0.25) is 0 Å². The standard InChI is InChI=1S/C8H9NO5.Na.H/c1-14-7(10)6-4-2-3-5-8(6,11)9(12)13;;/h2-6,11H,1H3;;. The first-order valence-corrected chi connectivity index (χ1v) is 3.83. The second-order valence-electron chi connectivity index (χ2n) is 2.79. The average Bonchev–Trinajstić information content (AvgIpc) is 2.17. The molecule has 0 amide bonds. The molecule has 2 unspecified atom stereocenters. The Morgan fingerprint density at radius 2 is 2.20 bits per heavy atom. The fourth-order valence-corrected chi connectivity index (χ4v) is 1.17. The van der Waals surface area contributed by atoms with E-state index in [2.05, 4.69) is 4.74 Å². The first kappa shape index (κ1) is 14.3. The van der Waals surface area contributed by atoms with E-state index in [1.807, 2.05) is 0 Å². The Morgan fingerprint density at radius 3 is 2.67 bits per heavy atom. The quantitative estimate of drug-likeness (QED) is 0.218. The molecule has 1 aliphatic rings. The first-order valence-electron chi connectivity index (χ1n) is 3.83. The van der Waals surface area contributed by atoms with Crippen LogP contribution in [0.5, 0.6) is 0 Å². The summed E-state index contributed by atoms with van der Waals surface area (Å²) in [4.78, 5) is 20.8. The summed E-state index contributed by atoms with van der Waals surface area (Å²) >= 11 is 0. The Kier molecular flexibility index (Phi) is 5.16. The van der Waals surface area contributed by atoms with Gasteiger partial charge in [-0.15, -0.1) is 0 Å². The minimum absolute atomic E-state index is 0. The zero-order chi connectivity index (χ0) is 10.8. The van der Waals surface area contributed by atoms with Crippen molar-refractivity contribution >= 4 is 35.5 Å². The summed E-state index contributed by atoms with van der Waals surface area (Å²) in [5.41, 5.74) is -2.40. The molecular formula is C8H10NNaO5. The number of carbonyl (C=O) groups excluding carboxylic acids is 1. The van der Waals surface area contributed by atoms with Crippen LogP contribution in [0, 0.1) is 16.0 Å². The van der Waals surface area contributed by atoms with E-state index >= 15 is 0 Å². The number of aliphatic hydroxyl groups is 1. The Morgan fingerprint density at radius 1 is 1.60 bits per heavy atom. The van der Waals surface area contributed by atoms with E-state index in [9.17, 15) is 20.0 Å². The van der Waals surface area contributed by atoms with Gasteiger partial charge in [0.1, 0.15) is 0 Å². The van der Waals surface area contributed by atoms with Crippen molar-refractivity contribution in [1.82, 2.24) is 0 Å². The van der Waals surface area contributed by atoms with E-state index in [4.69, 9.17) is 0 Å². The van der Waals surface area contributed by atoms with Crippen molar-refractivity contribution in [3.8, 4) is 0 Å². The predicted octanol–water partition coefficient (Wildman–Crippen LogP) is -0.782. The van der Waals surface area contributed by atoms with E-state index in [1.54, 1.807) is 0 Å². The van der Waals surface area contributed by atoms with Gasteiger partial charge in [-0.2, -0.15) is 0 Å². The maximum absolute atomic E-state index is 11.1. The summed E-state index contributed by atoms with van der Waals surface area (Å²) in [7, 11) is 1.11. The molecule has 0 saturated carbocycles. The monoisotopic (exact) mass is 223 g/mol. The zero-order valence-electron chi connectivity index (χ0n) is 7.41. The molecule has 78 valence electrons. The summed E-state index contributed by atoms with van der Waals surface area (Å²) < 4.78 is 4.35. The van der Waals surface area contributed by atoms with Gasteiger partial charge in [-0.1, -0.05) is 18.2 Å². The molecule has 7 heteroatoms. The number of carbonyl (C=O) groups is 1. The second kappa shape index (κ2) is 5.41. The number of rotatable bonds is 2. The topological polar surface area (TPSA) is 89.7 Å². The molecule has 0 aromatic heterocycles. The summed E-state index contributed by atoms with van der Waals surface area (Å²) in [6.45, 7) is 0. The molecule has 1 rings (SSSR count). The zero-order valence-corrected chi connectivity index (χ0v) is 7.41.